The molecule has 1 aliphatic heterocycles. The van der Waals surface area contributed by atoms with Crippen molar-refractivity contribution in [2.75, 3.05) is 40.4 Å². The average molecular weight is 467 g/mol. The maximum Gasteiger partial charge on any atom is 0.337 e. The van der Waals surface area contributed by atoms with Crippen molar-refractivity contribution < 1.29 is 29.0 Å². The van der Waals surface area contributed by atoms with Crippen LogP contribution in [-0.4, -0.2) is 73.0 Å². The summed E-state index contributed by atoms with van der Waals surface area (Å²) in [5, 5.41) is 11.2. The molecule has 0 aromatic heterocycles. The lowest BCUT2D eigenvalue weighted by Crippen LogP contribution is -2.38. The number of carbonyl (C=O) groups is 3. The van der Waals surface area contributed by atoms with Gasteiger partial charge in [0.25, 0.3) is 11.7 Å². The number of Topliss-reactive ketones (excluding diaryl/α,β-unsaturated/α-hetero) is 1. The largest absolute Gasteiger partial charge is 0.507 e. The first kappa shape index (κ1) is 25.0. The van der Waals surface area contributed by atoms with E-state index in [0.717, 1.165) is 13.1 Å². The number of hydrogen-bond donors (Lipinski definition) is 1. The molecule has 1 amide bonds. The van der Waals surface area contributed by atoms with Gasteiger partial charge in [-0.05, 0) is 42.9 Å². The Morgan fingerprint density at radius 2 is 1.68 bits per heavy atom. The van der Waals surface area contributed by atoms with E-state index in [2.05, 4.69) is 4.90 Å². The molecule has 1 saturated heterocycles. The van der Waals surface area contributed by atoms with Crippen LogP contribution < -0.4 is 4.74 Å². The van der Waals surface area contributed by atoms with Gasteiger partial charge in [0.1, 0.15) is 11.5 Å². The molecular weight excluding hydrogens is 436 g/mol. The lowest BCUT2D eigenvalue weighted by atomic mass is 9.94. The fourth-order valence-corrected chi connectivity index (χ4v) is 4.15. The molecule has 0 spiro atoms. The smallest absolute Gasteiger partial charge is 0.337 e. The molecule has 8 nitrogen and oxygen atoms in total. The molecule has 0 saturated carbocycles. The first-order valence-electron chi connectivity index (χ1n) is 11.2. The number of aliphatic hydroxyl groups excluding tert-OH is 1. The number of nitrogens with zero attached hydrogens (tertiary/aromatic N) is 2. The Kier molecular flexibility index (Phi) is 8.07. The molecule has 3 rings (SSSR count). The van der Waals surface area contributed by atoms with E-state index in [0.29, 0.717) is 35.5 Å². The molecule has 1 aliphatic rings. The SMILES string of the molecule is CCN(CC)CCN1C(=O)C(=O)/C(=C(/O)c2ccccc2OC)C1c1ccc(C(=O)OC)cc1. The van der Waals surface area contributed by atoms with Crippen molar-refractivity contribution in [1.29, 1.82) is 0 Å². The number of para-hydroxylation sites is 1. The summed E-state index contributed by atoms with van der Waals surface area (Å²) in [7, 11) is 2.77. The predicted molar refractivity (Wildman–Crippen MR) is 128 cm³/mol. The number of likely N-dealkylation sites (tertiary alicyclic amines) is 1. The van der Waals surface area contributed by atoms with Gasteiger partial charge in [-0.15, -0.1) is 0 Å². The number of ether oxygens (including phenoxy) is 2. The van der Waals surface area contributed by atoms with Crippen molar-refractivity contribution in [3.05, 3.63) is 70.8 Å². The number of hydrogen-bond acceptors (Lipinski definition) is 7. The Hall–Kier alpha value is -3.65. The van der Waals surface area contributed by atoms with Crippen molar-refractivity contribution in [2.45, 2.75) is 19.9 Å². The number of benzene rings is 2. The molecule has 0 bridgehead atoms. The van der Waals surface area contributed by atoms with Gasteiger partial charge in [0.15, 0.2) is 0 Å². The molecule has 2 aromatic carbocycles. The van der Waals surface area contributed by atoms with Gasteiger partial charge in [-0.3, -0.25) is 9.59 Å². The van der Waals surface area contributed by atoms with Crippen LogP contribution in [-0.2, 0) is 14.3 Å². The summed E-state index contributed by atoms with van der Waals surface area (Å²) >= 11 is 0. The molecular formula is C26H30N2O6. The monoisotopic (exact) mass is 466 g/mol. The third-order valence-corrected chi connectivity index (χ3v) is 6.10. The number of amides is 1. The highest BCUT2D eigenvalue weighted by atomic mass is 16.5. The van der Waals surface area contributed by atoms with E-state index < -0.39 is 23.7 Å². The highest BCUT2D eigenvalue weighted by molar-refractivity contribution is 6.46. The molecule has 1 heterocycles. The quantitative estimate of drug-likeness (QED) is 0.262. The lowest BCUT2D eigenvalue weighted by molar-refractivity contribution is -0.140. The maximum absolute atomic E-state index is 13.2. The minimum absolute atomic E-state index is 0.0140. The van der Waals surface area contributed by atoms with Crippen LogP contribution in [0, 0.1) is 0 Å². The zero-order valence-corrected chi connectivity index (χ0v) is 19.9. The molecule has 0 aliphatic carbocycles. The number of carbonyl (C=O) groups excluding carboxylic acids is 3. The number of rotatable bonds is 9. The molecule has 0 radical (unpaired) electrons. The van der Waals surface area contributed by atoms with Crippen LogP contribution >= 0.6 is 0 Å². The average Bonchev–Trinajstić information content (AvgIpc) is 3.13. The molecule has 34 heavy (non-hydrogen) atoms. The molecule has 1 N–H and O–H groups in total. The molecule has 1 unspecified atom stereocenters. The van der Waals surface area contributed by atoms with Crippen molar-refractivity contribution >= 4 is 23.4 Å². The maximum atomic E-state index is 13.2. The van der Waals surface area contributed by atoms with E-state index in [9.17, 15) is 19.5 Å². The first-order chi connectivity index (χ1) is 16.4. The molecule has 2 aromatic rings. The summed E-state index contributed by atoms with van der Waals surface area (Å²) in [4.78, 5) is 41.8. The van der Waals surface area contributed by atoms with Gasteiger partial charge >= 0.3 is 5.97 Å². The van der Waals surface area contributed by atoms with E-state index in [1.54, 1.807) is 48.5 Å². The van der Waals surface area contributed by atoms with Crippen LogP contribution in [0.2, 0.25) is 0 Å². The van der Waals surface area contributed by atoms with Gasteiger partial charge in [-0.25, -0.2) is 4.79 Å². The molecule has 1 atom stereocenters. The zero-order chi connectivity index (χ0) is 24.8. The topological polar surface area (TPSA) is 96.4 Å². The summed E-state index contributed by atoms with van der Waals surface area (Å²) in [5.74, 6) is -1.84. The summed E-state index contributed by atoms with van der Waals surface area (Å²) in [6.45, 7) is 6.55. The van der Waals surface area contributed by atoms with Gasteiger partial charge < -0.3 is 24.4 Å². The minimum Gasteiger partial charge on any atom is -0.507 e. The third kappa shape index (κ3) is 4.82. The van der Waals surface area contributed by atoms with E-state index in [-0.39, 0.29) is 11.3 Å². The van der Waals surface area contributed by atoms with Crippen molar-refractivity contribution in [2.24, 2.45) is 0 Å². The number of ketones is 1. The van der Waals surface area contributed by atoms with E-state index >= 15 is 0 Å². The highest BCUT2D eigenvalue weighted by Gasteiger charge is 2.46. The summed E-state index contributed by atoms with van der Waals surface area (Å²) in [6, 6.07) is 12.5. The molecule has 1 fully saturated rings. The summed E-state index contributed by atoms with van der Waals surface area (Å²) < 4.78 is 10.1. The van der Waals surface area contributed by atoms with Crippen LogP contribution in [0.1, 0.15) is 41.4 Å². The van der Waals surface area contributed by atoms with Gasteiger partial charge in [0.05, 0.1) is 37.0 Å². The second-order valence-electron chi connectivity index (χ2n) is 7.83. The Labute approximate surface area is 199 Å². The van der Waals surface area contributed by atoms with Crippen LogP contribution in [0.4, 0.5) is 0 Å². The number of esters is 1. The predicted octanol–water partition coefficient (Wildman–Crippen LogP) is 3.25. The Morgan fingerprint density at radius 1 is 1.03 bits per heavy atom. The number of likely N-dealkylation sites (N-methyl/N-ethyl adjacent to an activating group) is 1. The number of methoxy groups -OCH3 is 2. The van der Waals surface area contributed by atoms with E-state index in [1.165, 1.54) is 19.1 Å². The zero-order valence-electron chi connectivity index (χ0n) is 19.9. The second kappa shape index (κ2) is 11.0. The fourth-order valence-electron chi connectivity index (χ4n) is 4.15. The third-order valence-electron chi connectivity index (χ3n) is 6.10. The van der Waals surface area contributed by atoms with Gasteiger partial charge in [-0.2, -0.15) is 0 Å². The Morgan fingerprint density at radius 3 is 2.26 bits per heavy atom. The number of aliphatic hydroxyl groups is 1. The van der Waals surface area contributed by atoms with Crippen LogP contribution in [0.5, 0.6) is 5.75 Å². The fraction of sp³-hybridized carbons (Fsp3) is 0.346. The van der Waals surface area contributed by atoms with Crippen LogP contribution in [0.3, 0.4) is 0 Å². The van der Waals surface area contributed by atoms with Crippen molar-refractivity contribution in [3.63, 3.8) is 0 Å². The molecule has 180 valence electrons. The Bertz CT molecular complexity index is 1090. The van der Waals surface area contributed by atoms with Crippen molar-refractivity contribution in [1.82, 2.24) is 9.80 Å². The first-order valence-corrected chi connectivity index (χ1v) is 11.2. The van der Waals surface area contributed by atoms with E-state index in [1.807, 2.05) is 13.8 Å². The van der Waals surface area contributed by atoms with Gasteiger partial charge in [0.2, 0.25) is 0 Å². The van der Waals surface area contributed by atoms with Crippen molar-refractivity contribution in [3.8, 4) is 5.75 Å². The highest BCUT2D eigenvalue weighted by Crippen LogP contribution is 2.40. The van der Waals surface area contributed by atoms with Gasteiger partial charge in [0, 0.05) is 13.1 Å². The van der Waals surface area contributed by atoms with Crippen LogP contribution in [0.25, 0.3) is 5.76 Å². The van der Waals surface area contributed by atoms with Crippen LogP contribution in [0.15, 0.2) is 54.1 Å². The Balaban J connectivity index is 2.13. The van der Waals surface area contributed by atoms with E-state index in [4.69, 9.17) is 9.47 Å². The minimum atomic E-state index is -0.813. The lowest BCUT2D eigenvalue weighted by Gasteiger charge is -2.28. The standard InChI is InChI=1S/C26H30N2O6/c1-5-27(6-2)15-16-28-22(17-11-13-18(14-12-17)26(32)34-4)21(24(30)25(28)31)23(29)19-9-7-8-10-20(19)33-3/h7-14,22,29H,5-6,15-16H2,1-4H3/b23-21+. The summed E-state index contributed by atoms with van der Waals surface area (Å²) in [6.07, 6.45) is 0. The normalized spacial score (nSPS) is 17.3. The second-order valence-corrected chi connectivity index (χ2v) is 7.83. The summed E-state index contributed by atoms with van der Waals surface area (Å²) in [5.41, 5.74) is 1.25. The van der Waals surface area contributed by atoms with Gasteiger partial charge in [-0.1, -0.05) is 38.1 Å². The molecule has 8 heteroatoms.